The van der Waals surface area contributed by atoms with E-state index in [1.165, 1.54) is 4.90 Å². The smallest absolute Gasteiger partial charge is 0.330 e. The van der Waals surface area contributed by atoms with Gasteiger partial charge in [0.1, 0.15) is 6.04 Å². The summed E-state index contributed by atoms with van der Waals surface area (Å²) in [5.74, 6) is -0.701. The van der Waals surface area contributed by atoms with Gasteiger partial charge in [-0.15, -0.1) is 10.2 Å². The number of anilines is 1. The lowest BCUT2D eigenvalue weighted by Crippen LogP contribution is -2.47. The van der Waals surface area contributed by atoms with Crippen molar-refractivity contribution >= 4 is 28.3 Å². The molecule has 0 aromatic carbocycles. The van der Waals surface area contributed by atoms with Gasteiger partial charge in [0, 0.05) is 12.0 Å². The number of carbonyl (C=O) groups is 2. The monoisotopic (exact) mass is 350 g/mol. The number of likely N-dealkylation sites (tertiary alicyclic amines) is 1. The molecule has 1 N–H and O–H groups in total. The Morgan fingerprint density at radius 3 is 2.43 bits per heavy atom. The Bertz CT molecular complexity index is 609. The molecule has 10 heteroatoms. The fourth-order valence-corrected chi connectivity index (χ4v) is 2.90. The van der Waals surface area contributed by atoms with Gasteiger partial charge in [0.05, 0.1) is 0 Å². The van der Waals surface area contributed by atoms with Crippen molar-refractivity contribution in [1.82, 2.24) is 15.1 Å². The van der Waals surface area contributed by atoms with Crippen LogP contribution in [0.3, 0.4) is 0 Å². The number of carbonyl (C=O) groups excluding carboxylic acids is 2. The van der Waals surface area contributed by atoms with Crippen LogP contribution in [0.15, 0.2) is 0 Å². The lowest BCUT2D eigenvalue weighted by Gasteiger charge is -2.29. The number of alkyl halides is 3. The third-order valence-corrected chi connectivity index (χ3v) is 4.24. The Morgan fingerprint density at radius 1 is 1.26 bits per heavy atom. The van der Waals surface area contributed by atoms with E-state index in [4.69, 9.17) is 0 Å². The van der Waals surface area contributed by atoms with Crippen molar-refractivity contribution in [2.75, 3.05) is 11.9 Å². The maximum atomic E-state index is 12.5. The molecule has 23 heavy (non-hydrogen) atoms. The van der Waals surface area contributed by atoms with E-state index in [1.54, 1.807) is 20.8 Å². The molecule has 1 aliphatic heterocycles. The van der Waals surface area contributed by atoms with Gasteiger partial charge < -0.3 is 4.90 Å². The molecule has 1 aliphatic rings. The fraction of sp³-hybridized carbons (Fsp3) is 0.692. The van der Waals surface area contributed by atoms with E-state index in [0.717, 1.165) is 0 Å². The summed E-state index contributed by atoms with van der Waals surface area (Å²) in [6, 6.07) is -0.694. The van der Waals surface area contributed by atoms with Crippen LogP contribution in [0.25, 0.3) is 0 Å². The van der Waals surface area contributed by atoms with Gasteiger partial charge >= 0.3 is 6.18 Å². The molecule has 1 atom stereocenters. The highest BCUT2D eigenvalue weighted by Crippen LogP contribution is 2.33. The van der Waals surface area contributed by atoms with Crippen molar-refractivity contribution in [1.29, 1.82) is 0 Å². The van der Waals surface area contributed by atoms with Gasteiger partial charge in [-0.05, 0) is 12.8 Å². The largest absolute Gasteiger partial charge is 0.445 e. The third-order valence-electron chi connectivity index (χ3n) is 3.36. The highest BCUT2D eigenvalue weighted by molar-refractivity contribution is 7.15. The number of nitrogens with one attached hydrogen (secondary N) is 1. The fourth-order valence-electron chi connectivity index (χ4n) is 2.29. The zero-order valence-electron chi connectivity index (χ0n) is 12.9. The normalized spacial score (nSPS) is 19.0. The van der Waals surface area contributed by atoms with Crippen LogP contribution in [0, 0.1) is 5.41 Å². The number of aromatic nitrogens is 2. The minimum Gasteiger partial charge on any atom is -0.330 e. The van der Waals surface area contributed by atoms with Crippen LogP contribution >= 0.6 is 11.3 Å². The van der Waals surface area contributed by atoms with Crippen LogP contribution < -0.4 is 5.32 Å². The predicted octanol–water partition coefficient (Wildman–Crippen LogP) is 2.53. The van der Waals surface area contributed by atoms with E-state index in [9.17, 15) is 22.8 Å². The second-order valence-electron chi connectivity index (χ2n) is 6.31. The van der Waals surface area contributed by atoms with Gasteiger partial charge in [0.2, 0.25) is 22.0 Å². The summed E-state index contributed by atoms with van der Waals surface area (Å²) in [6.07, 6.45) is -3.45. The molecule has 0 saturated carbocycles. The Hall–Kier alpha value is -1.71. The molecule has 0 spiro atoms. The Kier molecular flexibility index (Phi) is 4.65. The van der Waals surface area contributed by atoms with Gasteiger partial charge in [-0.2, -0.15) is 13.2 Å². The van der Waals surface area contributed by atoms with Crippen molar-refractivity contribution in [3.05, 3.63) is 5.01 Å². The van der Waals surface area contributed by atoms with Gasteiger partial charge in [0.15, 0.2) is 0 Å². The number of nitrogens with zero attached hydrogens (tertiary/aromatic N) is 3. The molecular formula is C13H17F3N4O2S. The van der Waals surface area contributed by atoms with Crippen LogP contribution in [0.1, 0.15) is 38.6 Å². The van der Waals surface area contributed by atoms with Crippen LogP contribution in [0.5, 0.6) is 0 Å². The summed E-state index contributed by atoms with van der Waals surface area (Å²) in [5, 5.41) is 7.31. The number of hydrogen-bond donors (Lipinski definition) is 1. The highest BCUT2D eigenvalue weighted by Gasteiger charge is 2.39. The van der Waals surface area contributed by atoms with Gasteiger partial charge in [-0.3, -0.25) is 14.9 Å². The zero-order valence-corrected chi connectivity index (χ0v) is 13.7. The van der Waals surface area contributed by atoms with Crippen molar-refractivity contribution in [3.8, 4) is 0 Å². The molecule has 6 nitrogen and oxygen atoms in total. The first-order valence-corrected chi connectivity index (χ1v) is 7.84. The summed E-state index contributed by atoms with van der Waals surface area (Å²) in [5.41, 5.74) is -0.630. The first kappa shape index (κ1) is 17.6. The van der Waals surface area contributed by atoms with Crippen molar-refractivity contribution in [3.63, 3.8) is 0 Å². The van der Waals surface area contributed by atoms with Crippen LogP contribution in [0.2, 0.25) is 0 Å². The molecule has 0 bridgehead atoms. The number of hydrogen-bond acceptors (Lipinski definition) is 5. The predicted molar refractivity (Wildman–Crippen MR) is 77.7 cm³/mol. The molecule has 2 amide bonds. The van der Waals surface area contributed by atoms with Gasteiger partial charge in [-0.25, -0.2) is 0 Å². The first-order chi connectivity index (χ1) is 10.5. The minimum absolute atomic E-state index is 0.164. The molecule has 0 unspecified atom stereocenters. The Labute approximate surface area is 135 Å². The van der Waals surface area contributed by atoms with Gasteiger partial charge in [0.25, 0.3) is 0 Å². The summed E-state index contributed by atoms with van der Waals surface area (Å²) in [6.45, 7) is 5.72. The Balaban J connectivity index is 2.08. The maximum Gasteiger partial charge on any atom is 0.445 e. The van der Waals surface area contributed by atoms with Crippen LogP contribution in [0.4, 0.5) is 18.3 Å². The Morgan fingerprint density at radius 2 is 1.91 bits per heavy atom. The topological polar surface area (TPSA) is 75.2 Å². The van der Waals surface area contributed by atoms with Crippen molar-refractivity contribution in [2.45, 2.75) is 45.8 Å². The number of amides is 2. The third kappa shape index (κ3) is 3.98. The van der Waals surface area contributed by atoms with E-state index < -0.39 is 28.5 Å². The summed E-state index contributed by atoms with van der Waals surface area (Å²) in [7, 11) is 0. The molecule has 1 aromatic rings. The quantitative estimate of drug-likeness (QED) is 0.889. The van der Waals surface area contributed by atoms with E-state index in [2.05, 4.69) is 15.5 Å². The second-order valence-corrected chi connectivity index (χ2v) is 7.28. The van der Waals surface area contributed by atoms with Crippen LogP contribution in [-0.2, 0) is 15.8 Å². The SMILES string of the molecule is CC(C)(C)C(=O)N1CCC[C@H]1C(=O)Nc1nnc(C(F)(F)F)s1. The molecule has 1 saturated heterocycles. The van der Waals surface area contributed by atoms with E-state index in [1.807, 2.05) is 0 Å². The highest BCUT2D eigenvalue weighted by atomic mass is 32.1. The summed E-state index contributed by atoms with van der Waals surface area (Å²) >= 11 is 0.259. The molecule has 0 radical (unpaired) electrons. The molecule has 2 heterocycles. The van der Waals surface area contributed by atoms with Crippen molar-refractivity contribution in [2.24, 2.45) is 5.41 Å². The maximum absolute atomic E-state index is 12.5. The van der Waals surface area contributed by atoms with Gasteiger partial charge in [-0.1, -0.05) is 32.1 Å². The summed E-state index contributed by atoms with van der Waals surface area (Å²) < 4.78 is 37.4. The van der Waals surface area contributed by atoms with E-state index in [0.29, 0.717) is 19.4 Å². The molecule has 128 valence electrons. The molecule has 1 fully saturated rings. The van der Waals surface area contributed by atoms with Crippen LogP contribution in [-0.4, -0.2) is 39.5 Å². The zero-order chi connectivity index (χ0) is 17.4. The molecule has 2 rings (SSSR count). The minimum atomic E-state index is -4.60. The molecule has 1 aromatic heterocycles. The lowest BCUT2D eigenvalue weighted by molar-refractivity contribution is -0.143. The number of halogens is 3. The average molecular weight is 350 g/mol. The second kappa shape index (κ2) is 6.06. The lowest BCUT2D eigenvalue weighted by atomic mass is 9.94. The number of rotatable bonds is 2. The molecular weight excluding hydrogens is 333 g/mol. The average Bonchev–Trinajstić information content (AvgIpc) is 3.03. The summed E-state index contributed by atoms with van der Waals surface area (Å²) in [4.78, 5) is 26.1. The first-order valence-electron chi connectivity index (χ1n) is 7.03. The van der Waals surface area contributed by atoms with E-state index in [-0.39, 0.29) is 22.4 Å². The van der Waals surface area contributed by atoms with Crippen molar-refractivity contribution < 1.29 is 22.8 Å². The van der Waals surface area contributed by atoms with E-state index >= 15 is 0 Å². The standard InChI is InChI=1S/C13H17F3N4O2S/c1-12(2,3)10(22)20-6-4-5-7(20)8(21)17-11-19-18-9(23-11)13(14,15)16/h7H,4-6H2,1-3H3,(H,17,19,21)/t7-/m0/s1. The molecule has 0 aliphatic carbocycles.